The average molecular weight is 308 g/mol. The Morgan fingerprint density at radius 3 is 2.45 bits per heavy atom. The van der Waals surface area contributed by atoms with Gasteiger partial charge in [0.25, 0.3) is 0 Å². The smallest absolute Gasteiger partial charge is 0.0468 e. The molecule has 0 amide bonds. The highest BCUT2D eigenvalue weighted by Crippen LogP contribution is 2.29. The molecule has 0 saturated heterocycles. The Balaban J connectivity index is 1.95. The molecule has 106 valence electrons. The fourth-order valence-electron chi connectivity index (χ4n) is 2.39. The molecule has 1 atom stereocenters. The van der Waals surface area contributed by atoms with Crippen LogP contribution >= 0.6 is 23.2 Å². The van der Waals surface area contributed by atoms with Gasteiger partial charge < -0.3 is 5.32 Å². The van der Waals surface area contributed by atoms with E-state index in [9.17, 15) is 0 Å². The van der Waals surface area contributed by atoms with Crippen LogP contribution < -0.4 is 5.32 Å². The third kappa shape index (κ3) is 4.24. The fraction of sp³-hybridized carbons (Fsp3) is 0.294. The first kappa shape index (κ1) is 15.4. The second-order valence-electron chi connectivity index (χ2n) is 4.88. The highest BCUT2D eigenvalue weighted by molar-refractivity contribution is 6.35. The topological polar surface area (TPSA) is 12.0 Å². The predicted molar refractivity (Wildman–Crippen MR) is 87.6 cm³/mol. The molecule has 0 aliphatic rings. The number of aryl methyl sites for hydroxylation is 1. The van der Waals surface area contributed by atoms with Crippen molar-refractivity contribution in [2.45, 2.75) is 25.3 Å². The summed E-state index contributed by atoms with van der Waals surface area (Å²) in [7, 11) is 1.97. The molecule has 2 aromatic rings. The van der Waals surface area contributed by atoms with E-state index >= 15 is 0 Å². The van der Waals surface area contributed by atoms with Crippen molar-refractivity contribution in [1.82, 2.24) is 5.32 Å². The van der Waals surface area contributed by atoms with Gasteiger partial charge in [-0.3, -0.25) is 0 Å². The van der Waals surface area contributed by atoms with Crippen molar-refractivity contribution in [2.75, 3.05) is 7.05 Å². The molecule has 0 aliphatic heterocycles. The van der Waals surface area contributed by atoms with Crippen molar-refractivity contribution in [3.8, 4) is 0 Å². The molecule has 1 N–H and O–H groups in total. The Labute approximate surface area is 130 Å². The number of rotatable bonds is 6. The quantitative estimate of drug-likeness (QED) is 0.766. The minimum absolute atomic E-state index is 0.267. The minimum atomic E-state index is 0.267. The molecule has 1 unspecified atom stereocenters. The molecule has 2 aromatic carbocycles. The molecule has 0 spiro atoms. The van der Waals surface area contributed by atoms with Gasteiger partial charge in [0.05, 0.1) is 0 Å². The van der Waals surface area contributed by atoms with Gasteiger partial charge in [-0.1, -0.05) is 59.6 Å². The largest absolute Gasteiger partial charge is 0.313 e. The summed E-state index contributed by atoms with van der Waals surface area (Å²) in [5.41, 5.74) is 2.50. The third-order valence-electron chi connectivity index (χ3n) is 3.49. The number of hydrogen-bond donors (Lipinski definition) is 1. The van der Waals surface area contributed by atoms with Crippen molar-refractivity contribution in [3.63, 3.8) is 0 Å². The van der Waals surface area contributed by atoms with E-state index in [2.05, 4.69) is 29.6 Å². The molecule has 0 radical (unpaired) electrons. The van der Waals surface area contributed by atoms with Crippen LogP contribution in [0.2, 0.25) is 10.0 Å². The van der Waals surface area contributed by atoms with Crippen molar-refractivity contribution in [3.05, 3.63) is 69.7 Å². The zero-order valence-electron chi connectivity index (χ0n) is 11.6. The average Bonchev–Trinajstić information content (AvgIpc) is 2.46. The lowest BCUT2D eigenvalue weighted by atomic mass is 9.99. The molecule has 2 rings (SSSR count). The lowest BCUT2D eigenvalue weighted by Crippen LogP contribution is -2.17. The van der Waals surface area contributed by atoms with Gasteiger partial charge in [0.1, 0.15) is 0 Å². The van der Waals surface area contributed by atoms with Gasteiger partial charge in [0, 0.05) is 16.1 Å². The maximum Gasteiger partial charge on any atom is 0.0468 e. The maximum atomic E-state index is 6.27. The zero-order valence-corrected chi connectivity index (χ0v) is 13.1. The number of benzene rings is 2. The van der Waals surface area contributed by atoms with Crippen molar-refractivity contribution in [2.24, 2.45) is 0 Å². The lowest BCUT2D eigenvalue weighted by molar-refractivity contribution is 0.527. The van der Waals surface area contributed by atoms with E-state index in [1.807, 2.05) is 25.2 Å². The third-order valence-corrected chi connectivity index (χ3v) is 4.05. The summed E-state index contributed by atoms with van der Waals surface area (Å²) in [4.78, 5) is 0. The molecular formula is C17H19Cl2N. The molecule has 0 fully saturated rings. The van der Waals surface area contributed by atoms with Crippen molar-refractivity contribution in [1.29, 1.82) is 0 Å². The van der Waals surface area contributed by atoms with Crippen molar-refractivity contribution >= 4 is 23.2 Å². The second-order valence-corrected chi connectivity index (χ2v) is 5.73. The molecule has 20 heavy (non-hydrogen) atoms. The lowest BCUT2D eigenvalue weighted by Gasteiger charge is -2.18. The highest BCUT2D eigenvalue weighted by Gasteiger charge is 2.12. The van der Waals surface area contributed by atoms with Crippen LogP contribution in [0.5, 0.6) is 0 Å². The summed E-state index contributed by atoms with van der Waals surface area (Å²) in [6.07, 6.45) is 3.26. The first-order valence-corrected chi connectivity index (χ1v) is 7.62. The molecule has 0 aliphatic carbocycles. The Hall–Kier alpha value is -1.02. The fourth-order valence-corrected chi connectivity index (χ4v) is 2.93. The van der Waals surface area contributed by atoms with Gasteiger partial charge in [-0.15, -0.1) is 0 Å². The second kappa shape index (κ2) is 7.68. The molecule has 0 bridgehead atoms. The van der Waals surface area contributed by atoms with Crippen molar-refractivity contribution < 1.29 is 0 Å². The van der Waals surface area contributed by atoms with Gasteiger partial charge in [-0.25, -0.2) is 0 Å². The standard InChI is InChI=1S/C17H19Cl2N/c1-20-17(15-11-10-14(18)12-16(15)19)9-5-8-13-6-3-2-4-7-13/h2-4,6-7,10-12,17,20H,5,8-9H2,1H3. The van der Waals surface area contributed by atoms with Gasteiger partial charge in [0.15, 0.2) is 0 Å². The van der Waals surface area contributed by atoms with Gasteiger partial charge in [-0.2, -0.15) is 0 Å². The van der Waals surface area contributed by atoms with Crippen LogP contribution in [-0.2, 0) is 6.42 Å². The molecular weight excluding hydrogens is 289 g/mol. The van der Waals surface area contributed by atoms with Crippen LogP contribution in [0.1, 0.15) is 30.0 Å². The van der Waals surface area contributed by atoms with Crippen LogP contribution in [0.4, 0.5) is 0 Å². The van der Waals surface area contributed by atoms with Gasteiger partial charge >= 0.3 is 0 Å². The van der Waals surface area contributed by atoms with E-state index < -0.39 is 0 Å². The van der Waals surface area contributed by atoms with Gasteiger partial charge in [0.2, 0.25) is 0 Å². The zero-order chi connectivity index (χ0) is 14.4. The summed E-state index contributed by atoms with van der Waals surface area (Å²) in [5.74, 6) is 0. The molecule has 0 heterocycles. The molecule has 0 saturated carbocycles. The Morgan fingerprint density at radius 2 is 1.80 bits per heavy atom. The monoisotopic (exact) mass is 307 g/mol. The van der Waals surface area contributed by atoms with E-state index in [4.69, 9.17) is 23.2 Å². The Kier molecular flexibility index (Phi) is 5.90. The Morgan fingerprint density at radius 1 is 1.05 bits per heavy atom. The van der Waals surface area contributed by atoms with Crippen LogP contribution in [0.25, 0.3) is 0 Å². The van der Waals surface area contributed by atoms with E-state index in [1.165, 1.54) is 5.56 Å². The van der Waals surface area contributed by atoms with E-state index in [1.54, 1.807) is 6.07 Å². The summed E-state index contributed by atoms with van der Waals surface area (Å²) in [5, 5.41) is 4.75. The summed E-state index contributed by atoms with van der Waals surface area (Å²) >= 11 is 12.2. The normalized spacial score (nSPS) is 12.3. The molecule has 0 aromatic heterocycles. The van der Waals surface area contributed by atoms with Gasteiger partial charge in [-0.05, 0) is 49.6 Å². The number of halogens is 2. The summed E-state index contributed by atoms with van der Waals surface area (Å²) < 4.78 is 0. The van der Waals surface area contributed by atoms with E-state index in [0.717, 1.165) is 29.8 Å². The van der Waals surface area contributed by atoms with E-state index in [-0.39, 0.29) is 6.04 Å². The Bertz CT molecular complexity index is 540. The predicted octanol–water partition coefficient (Wildman–Crippen LogP) is 5.28. The maximum absolute atomic E-state index is 6.27. The SMILES string of the molecule is CNC(CCCc1ccccc1)c1ccc(Cl)cc1Cl. The van der Waals surface area contributed by atoms with Crippen LogP contribution in [0, 0.1) is 0 Å². The number of hydrogen-bond acceptors (Lipinski definition) is 1. The highest BCUT2D eigenvalue weighted by atomic mass is 35.5. The molecule has 1 nitrogen and oxygen atoms in total. The van der Waals surface area contributed by atoms with Crippen LogP contribution in [0.3, 0.4) is 0 Å². The number of nitrogens with one attached hydrogen (secondary N) is 1. The first-order valence-electron chi connectivity index (χ1n) is 6.87. The summed E-state index contributed by atoms with van der Waals surface area (Å²) in [6.45, 7) is 0. The molecule has 3 heteroatoms. The minimum Gasteiger partial charge on any atom is -0.313 e. The van der Waals surface area contributed by atoms with Crippen LogP contribution in [0.15, 0.2) is 48.5 Å². The van der Waals surface area contributed by atoms with Crippen LogP contribution in [-0.4, -0.2) is 7.05 Å². The summed E-state index contributed by atoms with van der Waals surface area (Å²) in [6, 6.07) is 16.5. The van der Waals surface area contributed by atoms with E-state index in [0.29, 0.717) is 5.02 Å². The first-order chi connectivity index (χ1) is 9.70.